The summed E-state index contributed by atoms with van der Waals surface area (Å²) in [5.41, 5.74) is 2.19. The van der Waals surface area contributed by atoms with Crippen LogP contribution in [0.3, 0.4) is 0 Å². The van der Waals surface area contributed by atoms with Gasteiger partial charge in [0.1, 0.15) is 21.2 Å². The Bertz CT molecular complexity index is 1260. The first-order valence-electron chi connectivity index (χ1n) is 9.73. The van der Waals surface area contributed by atoms with Gasteiger partial charge in [0.25, 0.3) is 5.91 Å². The third-order valence-corrected chi connectivity index (χ3v) is 5.81. The van der Waals surface area contributed by atoms with Crippen molar-refractivity contribution in [3.05, 3.63) is 65.2 Å². The minimum Gasteiger partial charge on any atom is -0.497 e. The molecule has 9 heteroatoms. The standard InChI is InChI=1S/C23H21N3O5S/c1-14-19-12-20(32-22(19)26(25-14)16-7-5-4-6-8-16)23(28)31-13-21(27)24-15-9-17(29-2)11-18(10-15)30-3/h4-12H,13H2,1-3H3,(H,24,27). The molecule has 0 aliphatic heterocycles. The second-order valence-electron chi connectivity index (χ2n) is 6.89. The van der Waals surface area contributed by atoms with Crippen LogP contribution in [-0.4, -0.2) is 42.5 Å². The first kappa shape index (κ1) is 21.4. The van der Waals surface area contributed by atoms with Gasteiger partial charge in [-0.15, -0.1) is 11.3 Å². The average Bonchev–Trinajstić information content (AvgIpc) is 3.38. The van der Waals surface area contributed by atoms with Crippen molar-refractivity contribution in [2.75, 3.05) is 26.1 Å². The highest BCUT2D eigenvalue weighted by Crippen LogP contribution is 2.31. The van der Waals surface area contributed by atoms with Gasteiger partial charge < -0.3 is 19.5 Å². The van der Waals surface area contributed by atoms with Gasteiger partial charge in [0.05, 0.1) is 25.6 Å². The Balaban J connectivity index is 1.45. The van der Waals surface area contributed by atoms with Crippen LogP contribution in [0, 0.1) is 6.92 Å². The Morgan fingerprint density at radius 2 is 1.72 bits per heavy atom. The third-order valence-electron chi connectivity index (χ3n) is 4.72. The molecule has 0 bridgehead atoms. The molecule has 4 aromatic rings. The van der Waals surface area contributed by atoms with Crippen LogP contribution < -0.4 is 14.8 Å². The summed E-state index contributed by atoms with van der Waals surface area (Å²) in [6.07, 6.45) is 0. The number of carbonyl (C=O) groups is 2. The largest absolute Gasteiger partial charge is 0.497 e. The number of hydrogen-bond donors (Lipinski definition) is 1. The van der Waals surface area contributed by atoms with Crippen LogP contribution in [0.25, 0.3) is 15.9 Å². The summed E-state index contributed by atoms with van der Waals surface area (Å²) in [4.78, 5) is 26.1. The number of ether oxygens (including phenoxy) is 3. The minimum atomic E-state index is -0.566. The molecule has 0 spiro atoms. The molecule has 0 unspecified atom stereocenters. The maximum absolute atomic E-state index is 12.6. The predicted molar refractivity (Wildman–Crippen MR) is 122 cm³/mol. The topological polar surface area (TPSA) is 91.7 Å². The summed E-state index contributed by atoms with van der Waals surface area (Å²) in [6.45, 7) is 1.47. The van der Waals surface area contributed by atoms with Gasteiger partial charge in [0, 0.05) is 29.3 Å². The van der Waals surface area contributed by atoms with Crippen molar-refractivity contribution < 1.29 is 23.8 Å². The molecule has 1 amide bonds. The normalized spacial score (nSPS) is 10.7. The number of rotatable bonds is 7. The Morgan fingerprint density at radius 1 is 1.03 bits per heavy atom. The molecule has 2 aromatic carbocycles. The fourth-order valence-electron chi connectivity index (χ4n) is 3.17. The number of nitrogens with zero attached hydrogens (tertiary/aromatic N) is 2. The maximum atomic E-state index is 12.6. The van der Waals surface area contributed by atoms with Crippen LogP contribution in [0.2, 0.25) is 0 Å². The lowest BCUT2D eigenvalue weighted by Gasteiger charge is -2.10. The van der Waals surface area contributed by atoms with Gasteiger partial charge in [-0.3, -0.25) is 4.79 Å². The van der Waals surface area contributed by atoms with Crippen molar-refractivity contribution in [1.29, 1.82) is 0 Å². The van der Waals surface area contributed by atoms with Crippen molar-refractivity contribution in [2.24, 2.45) is 0 Å². The molecule has 0 aliphatic rings. The van der Waals surface area contributed by atoms with Crippen LogP contribution in [0.15, 0.2) is 54.6 Å². The smallest absolute Gasteiger partial charge is 0.348 e. The molecule has 8 nitrogen and oxygen atoms in total. The number of carbonyl (C=O) groups excluding carboxylic acids is 2. The number of aromatic nitrogens is 2. The van der Waals surface area contributed by atoms with Gasteiger partial charge in [0.15, 0.2) is 6.61 Å². The van der Waals surface area contributed by atoms with Crippen LogP contribution in [0.4, 0.5) is 5.69 Å². The van der Waals surface area contributed by atoms with E-state index in [-0.39, 0.29) is 0 Å². The monoisotopic (exact) mass is 451 g/mol. The van der Waals surface area contributed by atoms with Gasteiger partial charge >= 0.3 is 5.97 Å². The van der Waals surface area contributed by atoms with E-state index < -0.39 is 18.5 Å². The zero-order valence-electron chi connectivity index (χ0n) is 17.7. The lowest BCUT2D eigenvalue weighted by atomic mass is 10.2. The first-order chi connectivity index (χ1) is 15.5. The molecule has 0 saturated carbocycles. The number of amides is 1. The summed E-state index contributed by atoms with van der Waals surface area (Å²) in [7, 11) is 3.04. The molecule has 2 aromatic heterocycles. The van der Waals surface area contributed by atoms with Crippen LogP contribution >= 0.6 is 11.3 Å². The molecule has 4 rings (SSSR count). The quantitative estimate of drug-likeness (QED) is 0.423. The Kier molecular flexibility index (Phi) is 6.09. The lowest BCUT2D eigenvalue weighted by molar-refractivity contribution is -0.119. The fourth-order valence-corrected chi connectivity index (χ4v) is 4.25. The van der Waals surface area contributed by atoms with Gasteiger partial charge in [-0.25, -0.2) is 9.48 Å². The molecule has 2 heterocycles. The summed E-state index contributed by atoms with van der Waals surface area (Å²) < 4.78 is 17.4. The van der Waals surface area contributed by atoms with Crippen LogP contribution in [0.1, 0.15) is 15.4 Å². The molecular weight excluding hydrogens is 430 g/mol. The number of benzene rings is 2. The Morgan fingerprint density at radius 3 is 2.38 bits per heavy atom. The summed E-state index contributed by atoms with van der Waals surface area (Å²) in [5.74, 6) is 0.0273. The van der Waals surface area contributed by atoms with Crippen LogP contribution in [0.5, 0.6) is 11.5 Å². The second-order valence-corrected chi connectivity index (χ2v) is 7.92. The number of para-hydroxylation sites is 1. The third kappa shape index (κ3) is 4.42. The van der Waals surface area contributed by atoms with Crippen molar-refractivity contribution in [3.63, 3.8) is 0 Å². The number of fused-ring (bicyclic) bond motifs is 1. The number of methoxy groups -OCH3 is 2. The van der Waals surface area contributed by atoms with Crippen molar-refractivity contribution >= 4 is 39.1 Å². The Hall–Kier alpha value is -3.85. The lowest BCUT2D eigenvalue weighted by Crippen LogP contribution is -2.20. The zero-order valence-corrected chi connectivity index (χ0v) is 18.6. The molecule has 0 radical (unpaired) electrons. The van der Waals surface area contributed by atoms with E-state index in [1.807, 2.05) is 37.3 Å². The van der Waals surface area contributed by atoms with Gasteiger partial charge in [-0.05, 0) is 25.1 Å². The SMILES string of the molecule is COc1cc(NC(=O)COC(=O)c2cc3c(C)nn(-c4ccccc4)c3s2)cc(OC)c1. The van der Waals surface area contributed by atoms with E-state index in [1.54, 1.807) is 28.9 Å². The number of thiophene rings is 1. The first-order valence-corrected chi connectivity index (χ1v) is 10.5. The van der Waals surface area contributed by atoms with E-state index >= 15 is 0 Å². The fraction of sp³-hybridized carbons (Fsp3) is 0.174. The van der Waals surface area contributed by atoms with E-state index in [1.165, 1.54) is 25.6 Å². The summed E-state index contributed by atoms with van der Waals surface area (Å²) >= 11 is 1.27. The van der Waals surface area contributed by atoms with Crippen molar-refractivity contribution in [1.82, 2.24) is 9.78 Å². The van der Waals surface area contributed by atoms with E-state index in [0.29, 0.717) is 22.1 Å². The predicted octanol–water partition coefficient (Wildman–Crippen LogP) is 4.21. The molecule has 0 aliphatic carbocycles. The summed E-state index contributed by atoms with van der Waals surface area (Å²) in [5, 5.41) is 8.11. The molecule has 0 fully saturated rings. The zero-order chi connectivity index (χ0) is 22.7. The number of nitrogens with one attached hydrogen (secondary N) is 1. The second kappa shape index (κ2) is 9.11. The van der Waals surface area contributed by atoms with E-state index in [9.17, 15) is 9.59 Å². The highest BCUT2D eigenvalue weighted by molar-refractivity contribution is 7.20. The number of anilines is 1. The Labute approximate surface area is 188 Å². The number of esters is 1. The molecule has 0 saturated heterocycles. The van der Waals surface area contributed by atoms with Gasteiger partial charge in [-0.1, -0.05) is 18.2 Å². The van der Waals surface area contributed by atoms with Crippen LogP contribution in [-0.2, 0) is 9.53 Å². The summed E-state index contributed by atoms with van der Waals surface area (Å²) in [6, 6.07) is 16.4. The average molecular weight is 452 g/mol. The molecule has 1 N–H and O–H groups in total. The van der Waals surface area contributed by atoms with Crippen molar-refractivity contribution in [3.8, 4) is 17.2 Å². The highest BCUT2D eigenvalue weighted by Gasteiger charge is 2.19. The van der Waals surface area contributed by atoms with Gasteiger partial charge in [0.2, 0.25) is 0 Å². The van der Waals surface area contributed by atoms with Crippen molar-refractivity contribution in [2.45, 2.75) is 6.92 Å². The van der Waals surface area contributed by atoms with E-state index in [0.717, 1.165) is 21.6 Å². The maximum Gasteiger partial charge on any atom is 0.348 e. The number of aryl methyl sites for hydroxylation is 1. The van der Waals surface area contributed by atoms with E-state index in [2.05, 4.69) is 10.4 Å². The molecule has 164 valence electrons. The molecular formula is C23H21N3O5S. The highest BCUT2D eigenvalue weighted by atomic mass is 32.1. The van der Waals surface area contributed by atoms with E-state index in [4.69, 9.17) is 14.2 Å². The minimum absolute atomic E-state index is 0.404. The molecule has 32 heavy (non-hydrogen) atoms. The van der Waals surface area contributed by atoms with Gasteiger partial charge in [-0.2, -0.15) is 5.10 Å². The molecule has 0 atom stereocenters. The number of hydrogen-bond acceptors (Lipinski definition) is 7.